The molecule has 1 fully saturated rings. The number of halogens is 1. The lowest BCUT2D eigenvalue weighted by atomic mass is 9.96. The summed E-state index contributed by atoms with van der Waals surface area (Å²) >= 11 is 8.07. The van der Waals surface area contributed by atoms with Crippen molar-refractivity contribution in [3.63, 3.8) is 0 Å². The SMILES string of the molecule is CN1CCC(N(C)c2nc(Cl)nc3sc4c(c23)CCCC4)CC1. The summed E-state index contributed by atoms with van der Waals surface area (Å²) < 4.78 is 0. The molecule has 2 aromatic heterocycles. The van der Waals surface area contributed by atoms with E-state index in [0.717, 1.165) is 30.2 Å². The Kier molecular flexibility index (Phi) is 4.20. The average molecular weight is 351 g/mol. The van der Waals surface area contributed by atoms with Gasteiger partial charge in [-0.05, 0) is 75.8 Å². The van der Waals surface area contributed by atoms with E-state index >= 15 is 0 Å². The first-order chi connectivity index (χ1) is 11.1. The number of thiophene rings is 1. The summed E-state index contributed by atoms with van der Waals surface area (Å²) in [7, 11) is 4.38. The minimum absolute atomic E-state index is 0.380. The van der Waals surface area contributed by atoms with Gasteiger partial charge in [0.2, 0.25) is 5.28 Å². The van der Waals surface area contributed by atoms with Crippen LogP contribution in [0.4, 0.5) is 5.82 Å². The molecule has 0 atom stereocenters. The van der Waals surface area contributed by atoms with E-state index in [0.29, 0.717) is 11.3 Å². The lowest BCUT2D eigenvalue weighted by Crippen LogP contribution is -2.42. The predicted octanol–water partition coefficient (Wildman–Crippen LogP) is 3.75. The maximum absolute atomic E-state index is 6.24. The van der Waals surface area contributed by atoms with Crippen molar-refractivity contribution in [2.75, 3.05) is 32.1 Å². The summed E-state index contributed by atoms with van der Waals surface area (Å²) in [6.07, 6.45) is 7.28. The topological polar surface area (TPSA) is 32.3 Å². The van der Waals surface area contributed by atoms with Crippen molar-refractivity contribution in [2.45, 2.75) is 44.6 Å². The van der Waals surface area contributed by atoms with Gasteiger partial charge in [0.05, 0.1) is 5.39 Å². The number of hydrogen-bond donors (Lipinski definition) is 0. The number of fused-ring (bicyclic) bond motifs is 3. The van der Waals surface area contributed by atoms with Gasteiger partial charge in [-0.25, -0.2) is 4.98 Å². The minimum Gasteiger partial charge on any atom is -0.356 e. The standard InChI is InChI=1S/C17H23ClN4S/c1-21-9-7-11(8-10-21)22(2)15-14-12-5-3-4-6-13(12)23-16(14)20-17(18)19-15/h11H,3-10H2,1-2H3. The highest BCUT2D eigenvalue weighted by Gasteiger charge is 2.27. The first-order valence-corrected chi connectivity index (χ1v) is 9.72. The Morgan fingerprint density at radius 1 is 1.17 bits per heavy atom. The van der Waals surface area contributed by atoms with Gasteiger partial charge in [0.1, 0.15) is 10.6 Å². The fraction of sp³-hybridized carbons (Fsp3) is 0.647. The van der Waals surface area contributed by atoms with Crippen LogP contribution in [0.5, 0.6) is 0 Å². The van der Waals surface area contributed by atoms with Gasteiger partial charge in [0.25, 0.3) is 0 Å². The quantitative estimate of drug-likeness (QED) is 0.772. The van der Waals surface area contributed by atoms with E-state index < -0.39 is 0 Å². The van der Waals surface area contributed by atoms with Gasteiger partial charge in [-0.2, -0.15) is 4.98 Å². The van der Waals surface area contributed by atoms with Crippen LogP contribution in [0.3, 0.4) is 0 Å². The lowest BCUT2D eigenvalue weighted by Gasteiger charge is -2.36. The third-order valence-corrected chi connectivity index (χ3v) is 6.69. The number of anilines is 1. The Morgan fingerprint density at radius 3 is 2.70 bits per heavy atom. The first-order valence-electron chi connectivity index (χ1n) is 8.52. The van der Waals surface area contributed by atoms with Crippen LogP contribution in [0.15, 0.2) is 0 Å². The molecule has 0 unspecified atom stereocenters. The summed E-state index contributed by atoms with van der Waals surface area (Å²) in [6.45, 7) is 2.30. The van der Waals surface area contributed by atoms with Crippen molar-refractivity contribution in [3.8, 4) is 0 Å². The van der Waals surface area contributed by atoms with Crippen LogP contribution < -0.4 is 4.90 Å². The Labute approximate surface area is 146 Å². The molecule has 0 radical (unpaired) electrons. The summed E-state index contributed by atoms with van der Waals surface area (Å²) in [5.74, 6) is 1.05. The second-order valence-corrected chi connectivity index (χ2v) is 8.27. The first kappa shape index (κ1) is 15.6. The molecule has 0 spiro atoms. The van der Waals surface area contributed by atoms with Crippen LogP contribution in [0.1, 0.15) is 36.1 Å². The molecular weight excluding hydrogens is 328 g/mol. The Balaban J connectivity index is 1.77. The van der Waals surface area contributed by atoms with E-state index in [1.165, 1.54) is 47.9 Å². The van der Waals surface area contributed by atoms with Gasteiger partial charge in [-0.1, -0.05) is 0 Å². The molecule has 0 bridgehead atoms. The van der Waals surface area contributed by atoms with Gasteiger partial charge < -0.3 is 9.80 Å². The normalized spacial score (nSPS) is 20.0. The molecule has 23 heavy (non-hydrogen) atoms. The van der Waals surface area contributed by atoms with Gasteiger partial charge in [-0.15, -0.1) is 11.3 Å². The lowest BCUT2D eigenvalue weighted by molar-refractivity contribution is 0.252. The van der Waals surface area contributed by atoms with Crippen molar-refractivity contribution in [3.05, 3.63) is 15.7 Å². The highest BCUT2D eigenvalue weighted by Crippen LogP contribution is 2.40. The monoisotopic (exact) mass is 350 g/mol. The number of aromatic nitrogens is 2. The molecular formula is C17H23ClN4S. The van der Waals surface area contributed by atoms with Crippen LogP contribution in [-0.2, 0) is 12.8 Å². The van der Waals surface area contributed by atoms with E-state index in [1.807, 2.05) is 11.3 Å². The minimum atomic E-state index is 0.380. The van der Waals surface area contributed by atoms with Crippen LogP contribution in [0, 0.1) is 0 Å². The van der Waals surface area contributed by atoms with E-state index in [-0.39, 0.29) is 0 Å². The Morgan fingerprint density at radius 2 is 1.91 bits per heavy atom. The van der Waals surface area contributed by atoms with E-state index in [2.05, 4.69) is 33.9 Å². The second kappa shape index (κ2) is 6.19. The van der Waals surface area contributed by atoms with Crippen LogP contribution >= 0.6 is 22.9 Å². The van der Waals surface area contributed by atoms with E-state index in [4.69, 9.17) is 11.6 Å². The highest BCUT2D eigenvalue weighted by molar-refractivity contribution is 7.19. The molecule has 6 heteroatoms. The molecule has 124 valence electrons. The second-order valence-electron chi connectivity index (χ2n) is 6.85. The Hall–Kier alpha value is -0.910. The molecule has 4 nitrogen and oxygen atoms in total. The molecule has 1 aliphatic heterocycles. The average Bonchev–Trinajstić information content (AvgIpc) is 2.92. The van der Waals surface area contributed by atoms with Gasteiger partial charge >= 0.3 is 0 Å². The van der Waals surface area contributed by atoms with Crippen LogP contribution in [0.2, 0.25) is 5.28 Å². The number of aryl methyl sites for hydroxylation is 2. The molecule has 0 N–H and O–H groups in total. The van der Waals surface area contributed by atoms with E-state index in [9.17, 15) is 0 Å². The highest BCUT2D eigenvalue weighted by atomic mass is 35.5. The maximum Gasteiger partial charge on any atom is 0.225 e. The van der Waals surface area contributed by atoms with Crippen LogP contribution in [-0.4, -0.2) is 48.1 Å². The van der Waals surface area contributed by atoms with Crippen molar-refractivity contribution in [2.24, 2.45) is 0 Å². The number of likely N-dealkylation sites (tertiary alicyclic amines) is 1. The molecule has 1 saturated heterocycles. The molecule has 0 aromatic carbocycles. The Bertz CT molecular complexity index is 721. The predicted molar refractivity (Wildman–Crippen MR) is 98.0 cm³/mol. The van der Waals surface area contributed by atoms with Gasteiger partial charge in [0, 0.05) is 18.0 Å². The van der Waals surface area contributed by atoms with Crippen molar-refractivity contribution >= 4 is 39.0 Å². The van der Waals surface area contributed by atoms with Crippen molar-refractivity contribution in [1.29, 1.82) is 0 Å². The number of nitrogens with zero attached hydrogens (tertiary/aromatic N) is 4. The van der Waals surface area contributed by atoms with Crippen LogP contribution in [0.25, 0.3) is 10.2 Å². The maximum atomic E-state index is 6.24. The third kappa shape index (κ3) is 2.83. The molecule has 2 aromatic rings. The largest absolute Gasteiger partial charge is 0.356 e. The van der Waals surface area contributed by atoms with Gasteiger partial charge in [-0.3, -0.25) is 0 Å². The zero-order valence-electron chi connectivity index (χ0n) is 13.8. The van der Waals surface area contributed by atoms with Crippen molar-refractivity contribution < 1.29 is 0 Å². The number of piperidine rings is 1. The summed E-state index contributed by atoms with van der Waals surface area (Å²) in [4.78, 5) is 16.5. The smallest absolute Gasteiger partial charge is 0.225 e. The molecule has 3 heterocycles. The molecule has 1 aliphatic carbocycles. The number of hydrogen-bond acceptors (Lipinski definition) is 5. The molecule has 4 rings (SSSR count). The molecule has 0 amide bonds. The third-order valence-electron chi connectivity index (χ3n) is 5.34. The fourth-order valence-electron chi connectivity index (χ4n) is 3.92. The zero-order valence-corrected chi connectivity index (χ0v) is 15.4. The van der Waals surface area contributed by atoms with Gasteiger partial charge in [0.15, 0.2) is 0 Å². The fourth-order valence-corrected chi connectivity index (χ4v) is 5.39. The number of rotatable bonds is 2. The molecule has 0 saturated carbocycles. The summed E-state index contributed by atoms with van der Waals surface area (Å²) in [5, 5.41) is 1.65. The zero-order chi connectivity index (χ0) is 16.0. The molecule has 2 aliphatic rings. The summed E-state index contributed by atoms with van der Waals surface area (Å²) in [6, 6.07) is 0.541. The van der Waals surface area contributed by atoms with E-state index in [1.54, 1.807) is 0 Å². The summed E-state index contributed by atoms with van der Waals surface area (Å²) in [5.41, 5.74) is 1.49. The van der Waals surface area contributed by atoms with Crippen molar-refractivity contribution in [1.82, 2.24) is 14.9 Å².